The number of amides is 2. The topological polar surface area (TPSA) is 84.5 Å². The molecule has 1 aromatic rings. The number of halogens is 1. The number of rotatable bonds is 7. The number of carbonyl (C=O) groups excluding carboxylic acids is 3. The van der Waals surface area contributed by atoms with E-state index in [0.717, 1.165) is 10.9 Å². The van der Waals surface area contributed by atoms with Crippen molar-refractivity contribution in [1.82, 2.24) is 10.6 Å². The number of hydrogen-bond acceptors (Lipinski definition) is 4. The van der Waals surface area contributed by atoms with Gasteiger partial charge in [0.05, 0.1) is 0 Å². The molecule has 7 heteroatoms. The molecule has 2 atom stereocenters. The van der Waals surface area contributed by atoms with Gasteiger partial charge < -0.3 is 15.4 Å². The Balaban J connectivity index is 2.43. The van der Waals surface area contributed by atoms with Crippen molar-refractivity contribution >= 4 is 33.7 Å². The Hall–Kier alpha value is -1.89. The molecule has 2 amide bonds. The molecule has 126 valence electrons. The van der Waals surface area contributed by atoms with Gasteiger partial charge in [-0.2, -0.15) is 0 Å². The molecule has 0 heterocycles. The van der Waals surface area contributed by atoms with E-state index >= 15 is 0 Å². The van der Waals surface area contributed by atoms with Crippen LogP contribution < -0.4 is 10.6 Å². The fraction of sp³-hybridized carbons (Fsp3) is 0.438. The molecule has 0 fully saturated rings. The molecule has 0 aliphatic rings. The zero-order chi connectivity index (χ0) is 17.4. The van der Waals surface area contributed by atoms with E-state index in [9.17, 15) is 14.4 Å². The molecule has 0 radical (unpaired) electrons. The van der Waals surface area contributed by atoms with Crippen LogP contribution in [0.3, 0.4) is 0 Å². The molecule has 0 aromatic heterocycles. The van der Waals surface area contributed by atoms with Crippen molar-refractivity contribution < 1.29 is 19.1 Å². The van der Waals surface area contributed by atoms with Crippen molar-refractivity contribution in [2.24, 2.45) is 0 Å². The van der Waals surface area contributed by atoms with Gasteiger partial charge in [0.25, 0.3) is 11.8 Å². The fourth-order valence-electron chi connectivity index (χ4n) is 1.62. The van der Waals surface area contributed by atoms with Gasteiger partial charge in [-0.05, 0) is 44.5 Å². The van der Waals surface area contributed by atoms with Gasteiger partial charge in [0.15, 0.2) is 6.61 Å². The van der Waals surface area contributed by atoms with Gasteiger partial charge in [-0.15, -0.1) is 0 Å². The van der Waals surface area contributed by atoms with E-state index in [4.69, 9.17) is 4.74 Å². The molecular formula is C16H21BrN2O4. The molecule has 1 aromatic carbocycles. The first-order chi connectivity index (χ1) is 10.8. The maximum Gasteiger partial charge on any atom is 0.328 e. The maximum absolute atomic E-state index is 12.0. The quantitative estimate of drug-likeness (QED) is 0.704. The van der Waals surface area contributed by atoms with Crippen LogP contribution in [0.1, 0.15) is 37.6 Å². The smallest absolute Gasteiger partial charge is 0.328 e. The molecule has 1 rings (SSSR count). The highest BCUT2D eigenvalue weighted by Gasteiger charge is 2.19. The lowest BCUT2D eigenvalue weighted by atomic mass is 10.2. The highest BCUT2D eigenvalue weighted by atomic mass is 79.9. The molecule has 0 aliphatic heterocycles. The first-order valence-electron chi connectivity index (χ1n) is 7.36. The predicted octanol–water partition coefficient (Wildman–Crippen LogP) is 2.03. The third-order valence-electron chi connectivity index (χ3n) is 3.17. The molecule has 0 spiro atoms. The Morgan fingerprint density at radius 1 is 1.13 bits per heavy atom. The van der Waals surface area contributed by atoms with Gasteiger partial charge in [0.1, 0.15) is 6.04 Å². The monoisotopic (exact) mass is 384 g/mol. The Morgan fingerprint density at radius 2 is 1.74 bits per heavy atom. The minimum absolute atomic E-state index is 0.0238. The number of esters is 1. The summed E-state index contributed by atoms with van der Waals surface area (Å²) in [4.78, 5) is 35.3. The Kier molecular flexibility index (Phi) is 7.74. The van der Waals surface area contributed by atoms with E-state index in [-0.39, 0.29) is 24.5 Å². The minimum Gasteiger partial charge on any atom is -0.454 e. The van der Waals surface area contributed by atoms with E-state index < -0.39 is 12.0 Å². The van der Waals surface area contributed by atoms with E-state index in [2.05, 4.69) is 26.6 Å². The van der Waals surface area contributed by atoms with Crippen LogP contribution in [0.4, 0.5) is 0 Å². The standard InChI is InChI=1S/C16H21BrN2O4/c1-4-10(2)18-14(20)9-23-16(22)11(3)19-15(21)12-5-7-13(17)8-6-12/h5-8,10-11H,4,9H2,1-3H3,(H,18,20)(H,19,21)/t10-,11+/m1/s1. The van der Waals surface area contributed by atoms with E-state index in [1.807, 2.05) is 13.8 Å². The van der Waals surface area contributed by atoms with E-state index in [1.54, 1.807) is 24.3 Å². The third kappa shape index (κ3) is 6.81. The Morgan fingerprint density at radius 3 is 2.30 bits per heavy atom. The first-order valence-corrected chi connectivity index (χ1v) is 8.15. The van der Waals surface area contributed by atoms with Crippen LogP contribution in [-0.4, -0.2) is 36.5 Å². The molecule has 0 unspecified atom stereocenters. The molecule has 0 saturated carbocycles. The molecule has 2 N–H and O–H groups in total. The van der Waals surface area contributed by atoms with Gasteiger partial charge in [-0.1, -0.05) is 22.9 Å². The highest BCUT2D eigenvalue weighted by Crippen LogP contribution is 2.10. The van der Waals surface area contributed by atoms with Crippen LogP contribution in [0.5, 0.6) is 0 Å². The molecule has 6 nitrogen and oxygen atoms in total. The summed E-state index contributed by atoms with van der Waals surface area (Å²) in [5.74, 6) is -1.40. The van der Waals surface area contributed by atoms with Crippen LogP contribution in [0, 0.1) is 0 Å². The van der Waals surface area contributed by atoms with Gasteiger partial charge in [-0.25, -0.2) is 4.79 Å². The largest absolute Gasteiger partial charge is 0.454 e. The Labute approximate surface area is 144 Å². The van der Waals surface area contributed by atoms with Crippen LogP contribution in [-0.2, 0) is 14.3 Å². The first kappa shape index (κ1) is 19.2. The summed E-state index contributed by atoms with van der Waals surface area (Å²) in [5.41, 5.74) is 0.433. The maximum atomic E-state index is 12.0. The number of carbonyl (C=O) groups is 3. The zero-order valence-corrected chi connectivity index (χ0v) is 15.0. The lowest BCUT2D eigenvalue weighted by Crippen LogP contribution is -2.41. The predicted molar refractivity (Wildman–Crippen MR) is 89.9 cm³/mol. The molecule has 0 saturated heterocycles. The summed E-state index contributed by atoms with van der Waals surface area (Å²) >= 11 is 3.28. The Bertz CT molecular complexity index is 560. The average Bonchev–Trinajstić information content (AvgIpc) is 2.52. The SMILES string of the molecule is CC[C@@H](C)NC(=O)COC(=O)[C@H](C)NC(=O)c1ccc(Br)cc1. The lowest BCUT2D eigenvalue weighted by molar-refractivity contribution is -0.150. The van der Waals surface area contributed by atoms with E-state index in [1.165, 1.54) is 6.92 Å². The molecule has 0 bridgehead atoms. The van der Waals surface area contributed by atoms with Crippen molar-refractivity contribution in [3.63, 3.8) is 0 Å². The van der Waals surface area contributed by atoms with Gasteiger partial charge >= 0.3 is 5.97 Å². The van der Waals surface area contributed by atoms with Crippen molar-refractivity contribution in [2.45, 2.75) is 39.3 Å². The molecular weight excluding hydrogens is 364 g/mol. The zero-order valence-electron chi connectivity index (χ0n) is 13.4. The normalized spacial score (nSPS) is 12.9. The highest BCUT2D eigenvalue weighted by molar-refractivity contribution is 9.10. The van der Waals surface area contributed by atoms with E-state index in [0.29, 0.717) is 5.56 Å². The second-order valence-corrected chi connectivity index (χ2v) is 6.10. The number of benzene rings is 1. The number of ether oxygens (including phenoxy) is 1. The van der Waals surface area contributed by atoms with Crippen molar-refractivity contribution in [3.05, 3.63) is 34.3 Å². The third-order valence-corrected chi connectivity index (χ3v) is 3.70. The van der Waals surface area contributed by atoms with Crippen molar-refractivity contribution in [3.8, 4) is 0 Å². The number of nitrogens with one attached hydrogen (secondary N) is 2. The van der Waals surface area contributed by atoms with Crippen LogP contribution in [0.25, 0.3) is 0 Å². The minimum atomic E-state index is -0.845. The van der Waals surface area contributed by atoms with Gasteiger partial charge in [0.2, 0.25) is 0 Å². The summed E-state index contributed by atoms with van der Waals surface area (Å²) in [5, 5.41) is 5.22. The summed E-state index contributed by atoms with van der Waals surface area (Å²) < 4.78 is 5.75. The van der Waals surface area contributed by atoms with Gasteiger partial charge in [0, 0.05) is 16.1 Å². The lowest BCUT2D eigenvalue weighted by Gasteiger charge is -2.15. The van der Waals surface area contributed by atoms with Crippen LogP contribution in [0.2, 0.25) is 0 Å². The summed E-state index contributed by atoms with van der Waals surface area (Å²) in [6, 6.07) is 5.92. The average molecular weight is 385 g/mol. The van der Waals surface area contributed by atoms with Gasteiger partial charge in [-0.3, -0.25) is 9.59 Å². The van der Waals surface area contributed by atoms with Crippen molar-refractivity contribution in [1.29, 1.82) is 0 Å². The second-order valence-electron chi connectivity index (χ2n) is 5.19. The van der Waals surface area contributed by atoms with Crippen molar-refractivity contribution in [2.75, 3.05) is 6.61 Å². The summed E-state index contributed by atoms with van der Waals surface area (Å²) in [6.45, 7) is 4.95. The van der Waals surface area contributed by atoms with Crippen LogP contribution >= 0.6 is 15.9 Å². The summed E-state index contributed by atoms with van der Waals surface area (Å²) in [6.07, 6.45) is 0.791. The number of hydrogen-bond donors (Lipinski definition) is 2. The molecule has 0 aliphatic carbocycles. The summed E-state index contributed by atoms with van der Waals surface area (Å²) in [7, 11) is 0. The second kappa shape index (κ2) is 9.29. The fourth-order valence-corrected chi connectivity index (χ4v) is 1.88. The molecule has 23 heavy (non-hydrogen) atoms. The van der Waals surface area contributed by atoms with Crippen LogP contribution in [0.15, 0.2) is 28.7 Å².